The molecule has 9 atom stereocenters. The first-order chi connectivity index (χ1) is 20.2. The van der Waals surface area contributed by atoms with Crippen molar-refractivity contribution in [2.45, 2.75) is 116 Å². The molecule has 10 nitrogen and oxygen atoms in total. The summed E-state index contributed by atoms with van der Waals surface area (Å²) in [6, 6.07) is 0.132. The van der Waals surface area contributed by atoms with Gasteiger partial charge < -0.3 is 33.5 Å². The normalized spacial score (nSPS) is 41.0. The maximum atomic E-state index is 14.2. The van der Waals surface area contributed by atoms with Crippen LogP contribution in [0, 0.1) is 23.2 Å². The maximum absolute atomic E-state index is 14.2. The summed E-state index contributed by atoms with van der Waals surface area (Å²) >= 11 is 0. The van der Waals surface area contributed by atoms with Gasteiger partial charge in [-0.2, -0.15) is 0 Å². The number of ether oxygens (including phenoxy) is 5. The van der Waals surface area contributed by atoms with Crippen LogP contribution in [0.3, 0.4) is 0 Å². The van der Waals surface area contributed by atoms with Crippen molar-refractivity contribution in [2.24, 2.45) is 23.2 Å². The number of nitrogens with zero attached hydrogens (tertiary/aromatic N) is 3. The van der Waals surface area contributed by atoms with Crippen molar-refractivity contribution in [3.63, 3.8) is 0 Å². The molecule has 4 aliphatic rings. The maximum Gasteiger partial charge on any atom is 0.319 e. The van der Waals surface area contributed by atoms with Crippen LogP contribution in [0.1, 0.15) is 73.6 Å². The number of Topliss-reactive ketones (excluding diaryl/α,β-unsaturated/α-hetero) is 1. The first-order valence-corrected chi connectivity index (χ1v) is 16.6. The second-order valence-corrected chi connectivity index (χ2v) is 14.6. The summed E-state index contributed by atoms with van der Waals surface area (Å²) in [5.74, 6) is -1.90. The molecule has 0 radical (unpaired) electrons. The van der Waals surface area contributed by atoms with Gasteiger partial charge >= 0.3 is 5.97 Å². The van der Waals surface area contributed by atoms with Crippen LogP contribution in [0.25, 0.3) is 0 Å². The molecule has 4 aliphatic heterocycles. The second kappa shape index (κ2) is 14.1. The average molecular weight is 610 g/mol. The Morgan fingerprint density at radius 1 is 1.07 bits per heavy atom. The molecule has 0 spiro atoms. The van der Waals surface area contributed by atoms with Crippen molar-refractivity contribution in [2.75, 3.05) is 61.0 Å². The molecule has 0 saturated carbocycles. The summed E-state index contributed by atoms with van der Waals surface area (Å²) < 4.78 is 32.3. The molecule has 4 rings (SSSR count). The largest absolute Gasteiger partial charge is 0.463 e. The van der Waals surface area contributed by atoms with Crippen LogP contribution in [0.5, 0.6) is 0 Å². The molecule has 10 heteroatoms. The number of likely N-dealkylation sites (N-methyl/N-ethyl adjacent to an activating group) is 2. The highest BCUT2D eigenvalue weighted by Crippen LogP contribution is 2.45. The smallest absolute Gasteiger partial charge is 0.319 e. The van der Waals surface area contributed by atoms with Crippen molar-refractivity contribution in [1.82, 2.24) is 14.7 Å². The minimum absolute atomic E-state index is 0.0296. The van der Waals surface area contributed by atoms with E-state index in [-0.39, 0.29) is 42.6 Å². The SMILES string of the molecule is CCN1C[C@H](C)C[C@]2(OC)O[C@H]3[C@@H](O[C@H](C)C[C@@H]3N(C)C)O[C@@H]2[C@@H](C)C(=O)C(C)(C)C(=O)OC[C@H]1CC1CCN(C)CC1. The molecule has 0 aliphatic carbocycles. The number of carbonyl (C=O) groups excluding carboxylic acids is 2. The third kappa shape index (κ3) is 7.47. The van der Waals surface area contributed by atoms with Crippen LogP contribution in [-0.4, -0.2) is 130 Å². The fraction of sp³-hybridized carbons (Fsp3) is 0.939. The fourth-order valence-electron chi connectivity index (χ4n) is 7.87. The topological polar surface area (TPSA) is 90.0 Å². The van der Waals surface area contributed by atoms with E-state index >= 15 is 0 Å². The second-order valence-electron chi connectivity index (χ2n) is 14.6. The van der Waals surface area contributed by atoms with E-state index in [9.17, 15) is 9.59 Å². The van der Waals surface area contributed by atoms with Gasteiger partial charge in [-0.15, -0.1) is 0 Å². The zero-order valence-electron chi connectivity index (χ0n) is 28.5. The van der Waals surface area contributed by atoms with Gasteiger partial charge in [0.15, 0.2) is 17.9 Å². The Morgan fingerprint density at radius 2 is 1.74 bits per heavy atom. The lowest BCUT2D eigenvalue weighted by atomic mass is 9.76. The van der Waals surface area contributed by atoms with Gasteiger partial charge in [0.1, 0.15) is 24.2 Å². The molecule has 0 aromatic heterocycles. The minimum Gasteiger partial charge on any atom is -0.463 e. The van der Waals surface area contributed by atoms with Gasteiger partial charge in [-0.1, -0.05) is 20.8 Å². The van der Waals surface area contributed by atoms with Crippen LogP contribution >= 0.6 is 0 Å². The van der Waals surface area contributed by atoms with E-state index in [1.54, 1.807) is 21.0 Å². The minimum atomic E-state index is -1.36. The Labute approximate surface area is 260 Å². The zero-order chi connectivity index (χ0) is 31.7. The molecule has 0 aromatic carbocycles. The lowest BCUT2D eigenvalue weighted by Gasteiger charge is -2.55. The van der Waals surface area contributed by atoms with Gasteiger partial charge in [0.2, 0.25) is 0 Å². The third-order valence-electron chi connectivity index (χ3n) is 10.6. The quantitative estimate of drug-likeness (QED) is 0.341. The predicted molar refractivity (Wildman–Crippen MR) is 164 cm³/mol. The molecular formula is C33H59N3O7. The van der Waals surface area contributed by atoms with Crippen molar-refractivity contribution in [1.29, 1.82) is 0 Å². The molecule has 248 valence electrons. The number of carbonyl (C=O) groups is 2. The van der Waals surface area contributed by atoms with Gasteiger partial charge in [-0.05, 0) is 99.1 Å². The number of ketones is 1. The Morgan fingerprint density at radius 3 is 2.35 bits per heavy atom. The highest BCUT2D eigenvalue weighted by atomic mass is 16.8. The van der Waals surface area contributed by atoms with E-state index in [2.05, 4.69) is 35.6 Å². The zero-order valence-corrected chi connectivity index (χ0v) is 28.5. The molecular weight excluding hydrogens is 550 g/mol. The first kappa shape index (κ1) is 34.7. The summed E-state index contributed by atoms with van der Waals surface area (Å²) in [4.78, 5) is 34.8. The number of methoxy groups -OCH3 is 1. The molecule has 4 fully saturated rings. The molecule has 0 amide bonds. The van der Waals surface area contributed by atoms with Crippen molar-refractivity contribution in [3.05, 3.63) is 0 Å². The summed E-state index contributed by atoms with van der Waals surface area (Å²) in [6.45, 7) is 15.7. The standard InChI is InChI=1S/C33H59N3O7/c1-11-36-19-21(2)18-33(39-10)29(42-30-27(43-33)26(34(7)8)16-22(3)41-30)23(4)28(37)32(5,6)31(38)40-20-25(36)17-24-12-14-35(9)15-13-24/h21-27,29-30H,11-20H2,1-10H3/t21-,22-,23+,25-,26+,27-,29-,30+,33+/m1/s1. The number of hydrogen-bond acceptors (Lipinski definition) is 10. The Balaban J connectivity index is 1.70. The van der Waals surface area contributed by atoms with Crippen LogP contribution < -0.4 is 0 Å². The number of rotatable bonds is 5. The van der Waals surface area contributed by atoms with Gasteiger partial charge in [0, 0.05) is 38.1 Å². The van der Waals surface area contributed by atoms with Gasteiger partial charge in [-0.25, -0.2) is 0 Å². The van der Waals surface area contributed by atoms with Crippen molar-refractivity contribution >= 4 is 11.8 Å². The molecule has 43 heavy (non-hydrogen) atoms. The fourth-order valence-corrected chi connectivity index (χ4v) is 7.87. The highest BCUT2D eigenvalue weighted by Gasteiger charge is 2.59. The van der Waals surface area contributed by atoms with Crippen LogP contribution in [0.2, 0.25) is 0 Å². The molecule has 4 saturated heterocycles. The van der Waals surface area contributed by atoms with Crippen LogP contribution in [0.4, 0.5) is 0 Å². The molecule has 4 heterocycles. The lowest BCUT2D eigenvalue weighted by Crippen LogP contribution is -2.69. The highest BCUT2D eigenvalue weighted by molar-refractivity contribution is 6.04. The number of fused-ring (bicyclic) bond motifs is 2. The van der Waals surface area contributed by atoms with Crippen LogP contribution in [0.15, 0.2) is 0 Å². The Hall–Kier alpha value is -1.14. The van der Waals surface area contributed by atoms with Crippen LogP contribution in [-0.2, 0) is 33.3 Å². The van der Waals surface area contributed by atoms with Gasteiger partial charge in [0.05, 0.1) is 6.10 Å². The van der Waals surface area contributed by atoms with Crippen molar-refractivity contribution in [3.8, 4) is 0 Å². The van der Waals surface area contributed by atoms with E-state index in [0.29, 0.717) is 12.3 Å². The van der Waals surface area contributed by atoms with E-state index in [0.717, 1.165) is 51.9 Å². The lowest BCUT2D eigenvalue weighted by molar-refractivity contribution is -0.424. The summed E-state index contributed by atoms with van der Waals surface area (Å²) in [5, 5.41) is 0. The van der Waals surface area contributed by atoms with Crippen molar-refractivity contribution < 1.29 is 33.3 Å². The molecule has 0 unspecified atom stereocenters. The van der Waals surface area contributed by atoms with E-state index in [4.69, 9.17) is 23.7 Å². The first-order valence-electron chi connectivity index (χ1n) is 16.6. The number of cyclic esters (lactones) is 1. The summed E-state index contributed by atoms with van der Waals surface area (Å²) in [7, 11) is 7.92. The number of piperidine rings is 1. The van der Waals surface area contributed by atoms with E-state index in [1.807, 2.05) is 27.9 Å². The molecule has 0 N–H and O–H groups in total. The summed E-state index contributed by atoms with van der Waals surface area (Å²) in [5.41, 5.74) is -1.36. The third-order valence-corrected chi connectivity index (χ3v) is 10.6. The van der Waals surface area contributed by atoms with E-state index < -0.39 is 35.5 Å². The van der Waals surface area contributed by atoms with Gasteiger partial charge in [-0.3, -0.25) is 14.5 Å². The Kier molecular flexibility index (Phi) is 11.4. The Bertz CT molecular complexity index is 955. The average Bonchev–Trinajstić information content (AvgIpc) is 2.97. The monoisotopic (exact) mass is 609 g/mol. The number of esters is 1. The predicted octanol–water partition coefficient (Wildman–Crippen LogP) is 3.42. The molecule has 0 bridgehead atoms. The molecule has 0 aromatic rings. The van der Waals surface area contributed by atoms with E-state index in [1.165, 1.54) is 0 Å². The number of likely N-dealkylation sites (tertiary alicyclic amines) is 1. The summed E-state index contributed by atoms with van der Waals surface area (Å²) in [6.07, 6.45) is 2.77. The number of hydrogen-bond donors (Lipinski definition) is 0. The van der Waals surface area contributed by atoms with Gasteiger partial charge in [0.25, 0.3) is 0 Å².